The fraction of sp³-hybridized carbons (Fsp3) is 0.312. The minimum atomic E-state index is -0.655. The first-order valence-corrected chi connectivity index (χ1v) is 7.54. The van der Waals surface area contributed by atoms with Crippen molar-refractivity contribution in [1.82, 2.24) is 5.32 Å². The minimum absolute atomic E-state index is 0.113. The maximum absolute atomic E-state index is 13.9. The molecule has 0 bridgehead atoms. The quantitative estimate of drug-likeness (QED) is 0.781. The van der Waals surface area contributed by atoms with Gasteiger partial charge in [-0.3, -0.25) is 14.6 Å². The molecule has 0 fully saturated rings. The normalized spacial score (nSPS) is 14.5. The zero-order valence-electron chi connectivity index (χ0n) is 12.6. The number of allylic oxidation sites excluding steroid dienone is 1. The van der Waals surface area contributed by atoms with Crippen molar-refractivity contribution in [2.45, 2.75) is 25.8 Å². The van der Waals surface area contributed by atoms with Crippen LogP contribution in [0.25, 0.3) is 0 Å². The van der Waals surface area contributed by atoms with Gasteiger partial charge in [0.25, 0.3) is 5.91 Å². The Morgan fingerprint density at radius 3 is 2.87 bits per heavy atom. The van der Waals surface area contributed by atoms with Crippen LogP contribution < -0.4 is 11.1 Å². The Morgan fingerprint density at radius 1 is 1.43 bits per heavy atom. The lowest BCUT2D eigenvalue weighted by Gasteiger charge is -2.20. The number of hydrogen-bond donors (Lipinski definition) is 2. The second-order valence-corrected chi connectivity index (χ2v) is 5.57. The van der Waals surface area contributed by atoms with Gasteiger partial charge in [0, 0.05) is 6.04 Å². The monoisotopic (exact) mass is 340 g/mol. The third-order valence-corrected chi connectivity index (χ3v) is 3.92. The van der Waals surface area contributed by atoms with Crippen LogP contribution in [0.15, 0.2) is 36.3 Å². The van der Waals surface area contributed by atoms with Crippen molar-refractivity contribution < 1.29 is 19.0 Å². The number of nitrogens with one attached hydrogen (secondary N) is 1. The third-order valence-electron chi connectivity index (χ3n) is 3.44. The van der Waals surface area contributed by atoms with E-state index >= 15 is 0 Å². The van der Waals surface area contributed by atoms with E-state index in [1.807, 2.05) is 0 Å². The maximum atomic E-state index is 13.9. The molecule has 1 aliphatic heterocycles. The van der Waals surface area contributed by atoms with Gasteiger partial charge in [-0.05, 0) is 49.6 Å². The van der Waals surface area contributed by atoms with Crippen LogP contribution in [0.2, 0.25) is 5.02 Å². The number of nitrogens with two attached hydrogens (primary N) is 1. The molecule has 1 heterocycles. The van der Waals surface area contributed by atoms with Gasteiger partial charge in [0.05, 0.1) is 10.6 Å². The van der Waals surface area contributed by atoms with E-state index in [2.05, 4.69) is 10.2 Å². The highest BCUT2D eigenvalue weighted by molar-refractivity contribution is 6.34. The second kappa shape index (κ2) is 7.99. The van der Waals surface area contributed by atoms with E-state index in [0.29, 0.717) is 24.9 Å². The number of benzene rings is 1. The molecule has 23 heavy (non-hydrogen) atoms. The molecule has 1 atom stereocenters. The molecule has 1 aromatic carbocycles. The van der Waals surface area contributed by atoms with E-state index in [0.717, 1.165) is 5.57 Å². The lowest BCUT2D eigenvalue weighted by Crippen LogP contribution is -2.37. The zero-order chi connectivity index (χ0) is 16.8. The number of halogens is 2. The highest BCUT2D eigenvalue weighted by atomic mass is 35.5. The molecule has 1 amide bonds. The molecule has 0 aromatic heterocycles. The predicted molar refractivity (Wildman–Crippen MR) is 85.1 cm³/mol. The summed E-state index contributed by atoms with van der Waals surface area (Å²) in [6.45, 7) is 2.09. The summed E-state index contributed by atoms with van der Waals surface area (Å²) in [6.07, 6.45) is 5.57. The second-order valence-electron chi connectivity index (χ2n) is 5.19. The van der Waals surface area contributed by atoms with Crippen molar-refractivity contribution >= 4 is 17.5 Å². The van der Waals surface area contributed by atoms with Gasteiger partial charge in [0.15, 0.2) is 0 Å². The summed E-state index contributed by atoms with van der Waals surface area (Å²) < 4.78 is 13.9. The first-order chi connectivity index (χ1) is 11.0. The number of amides is 1. The van der Waals surface area contributed by atoms with Crippen LogP contribution in [-0.4, -0.2) is 18.5 Å². The molecule has 1 unspecified atom stereocenters. The van der Waals surface area contributed by atoms with Crippen LogP contribution in [-0.2, 0) is 9.78 Å². The van der Waals surface area contributed by atoms with E-state index < -0.39 is 11.7 Å². The molecule has 0 saturated carbocycles. The Labute approximate surface area is 138 Å². The lowest BCUT2D eigenvalue weighted by atomic mass is 10.0. The van der Waals surface area contributed by atoms with Gasteiger partial charge in [-0.1, -0.05) is 17.7 Å². The molecule has 0 aliphatic carbocycles. The van der Waals surface area contributed by atoms with Gasteiger partial charge in [-0.15, -0.1) is 0 Å². The fourth-order valence-corrected chi connectivity index (χ4v) is 2.46. The average Bonchev–Trinajstić information content (AvgIpc) is 2.52. The van der Waals surface area contributed by atoms with Gasteiger partial charge < -0.3 is 11.1 Å². The number of rotatable bonds is 6. The highest BCUT2D eigenvalue weighted by Gasteiger charge is 2.21. The van der Waals surface area contributed by atoms with Crippen molar-refractivity contribution in [2.75, 3.05) is 6.54 Å². The summed E-state index contributed by atoms with van der Waals surface area (Å²) in [4.78, 5) is 21.7. The van der Waals surface area contributed by atoms with Gasteiger partial charge in [0.2, 0.25) is 0 Å². The van der Waals surface area contributed by atoms with Crippen molar-refractivity contribution in [3.63, 3.8) is 0 Å². The van der Waals surface area contributed by atoms with E-state index in [-0.39, 0.29) is 16.6 Å². The van der Waals surface area contributed by atoms with Gasteiger partial charge in [0.1, 0.15) is 18.3 Å². The van der Waals surface area contributed by atoms with Crippen LogP contribution >= 0.6 is 11.6 Å². The topological polar surface area (TPSA) is 73.6 Å². The summed E-state index contributed by atoms with van der Waals surface area (Å²) in [5.74, 6) is -1.22. The van der Waals surface area contributed by atoms with Crippen LogP contribution in [0.5, 0.6) is 0 Å². The molecule has 3 N–H and O–H groups in total. The smallest absolute Gasteiger partial charge is 0.256 e. The maximum Gasteiger partial charge on any atom is 0.256 e. The molecule has 0 saturated heterocycles. The molecule has 0 radical (unpaired) electrons. The van der Waals surface area contributed by atoms with Crippen molar-refractivity contribution in [3.8, 4) is 0 Å². The minimum Gasteiger partial charge on any atom is -0.349 e. The van der Waals surface area contributed by atoms with E-state index in [1.54, 1.807) is 13.0 Å². The summed E-state index contributed by atoms with van der Waals surface area (Å²) in [7, 11) is 0. The first-order valence-electron chi connectivity index (χ1n) is 7.16. The molecule has 124 valence electrons. The number of carbonyl (C=O) groups excluding carboxylic acids is 1. The number of carbonyl (C=O) groups is 1. The Kier molecular flexibility index (Phi) is 6.01. The Hall–Kier alpha value is -2.05. The van der Waals surface area contributed by atoms with Gasteiger partial charge >= 0.3 is 0 Å². The van der Waals surface area contributed by atoms with Crippen molar-refractivity contribution in [2.24, 2.45) is 5.73 Å². The Morgan fingerprint density at radius 2 is 2.22 bits per heavy atom. The molecule has 1 aliphatic rings. The SMILES string of the molecule is Cc1ccc(F)c(C(=O)NC(CCN)CC2=COOC=C2)c1Cl. The van der Waals surface area contributed by atoms with E-state index in [1.165, 1.54) is 24.7 Å². The molecule has 7 heteroatoms. The molecule has 1 aromatic rings. The number of aryl methyl sites for hydroxylation is 1. The van der Waals surface area contributed by atoms with Crippen LogP contribution in [0.4, 0.5) is 4.39 Å². The van der Waals surface area contributed by atoms with Gasteiger partial charge in [-0.2, -0.15) is 0 Å². The molecular formula is C16H18ClFN2O3. The Balaban J connectivity index is 2.13. The lowest BCUT2D eigenvalue weighted by molar-refractivity contribution is -0.199. The summed E-state index contributed by atoms with van der Waals surface area (Å²) in [5, 5.41) is 2.89. The highest BCUT2D eigenvalue weighted by Crippen LogP contribution is 2.24. The molecule has 5 nitrogen and oxygen atoms in total. The molecular weight excluding hydrogens is 323 g/mol. The first kappa shape index (κ1) is 17.3. The summed E-state index contributed by atoms with van der Waals surface area (Å²) in [5.41, 5.74) is 6.90. The molecule has 0 spiro atoms. The molecule has 2 rings (SSSR count). The van der Waals surface area contributed by atoms with Crippen molar-refractivity contribution in [1.29, 1.82) is 0 Å². The third kappa shape index (κ3) is 4.46. The number of hydrogen-bond acceptors (Lipinski definition) is 4. The Bertz CT molecular complexity index is 646. The van der Waals surface area contributed by atoms with Gasteiger partial charge in [-0.25, -0.2) is 4.39 Å². The predicted octanol–water partition coefficient (Wildman–Crippen LogP) is 2.98. The van der Waals surface area contributed by atoms with Crippen molar-refractivity contribution in [3.05, 3.63) is 58.3 Å². The van der Waals surface area contributed by atoms with E-state index in [4.69, 9.17) is 22.2 Å². The summed E-state index contributed by atoms with van der Waals surface area (Å²) >= 11 is 6.06. The summed E-state index contributed by atoms with van der Waals surface area (Å²) in [6, 6.07) is 2.48. The average molecular weight is 341 g/mol. The van der Waals surface area contributed by atoms with E-state index in [9.17, 15) is 9.18 Å². The van der Waals surface area contributed by atoms with Crippen LogP contribution in [0, 0.1) is 12.7 Å². The van der Waals surface area contributed by atoms with Crippen LogP contribution in [0.3, 0.4) is 0 Å². The standard InChI is InChI=1S/C16H18ClFN2O3/c1-10-2-3-13(18)14(15(10)17)16(21)20-12(4-6-19)8-11-5-7-22-23-9-11/h2-3,5,7,9,12H,4,6,8,19H2,1H3,(H,20,21). The van der Waals surface area contributed by atoms with Crippen LogP contribution in [0.1, 0.15) is 28.8 Å². The fourth-order valence-electron chi connectivity index (χ4n) is 2.23. The zero-order valence-corrected chi connectivity index (χ0v) is 13.4. The largest absolute Gasteiger partial charge is 0.349 e.